The van der Waals surface area contributed by atoms with Gasteiger partial charge in [0, 0.05) is 11.6 Å². The number of hydrogen-bond acceptors (Lipinski definition) is 4. The molecule has 12 heavy (non-hydrogen) atoms. The molecule has 0 atom stereocenters. The second-order valence-corrected chi connectivity index (χ2v) is 2.91. The number of ketones is 1. The fourth-order valence-corrected chi connectivity index (χ4v) is 0.828. The molecule has 1 N–H and O–H groups in total. The van der Waals surface area contributed by atoms with Gasteiger partial charge in [0.05, 0.1) is 12.1 Å². The Morgan fingerprint density at radius 1 is 1.67 bits per heavy atom. The number of rotatable bonds is 3. The first kappa shape index (κ1) is 11.3. The molecule has 0 saturated heterocycles. The molecule has 0 bridgehead atoms. The van der Waals surface area contributed by atoms with Gasteiger partial charge < -0.3 is 5.32 Å². The van der Waals surface area contributed by atoms with Gasteiger partial charge >= 0.3 is 0 Å². The second-order valence-electron chi connectivity index (χ2n) is 2.16. The highest BCUT2D eigenvalue weighted by molar-refractivity contribution is 7.07. The van der Waals surface area contributed by atoms with Crippen molar-refractivity contribution in [3.63, 3.8) is 0 Å². The first-order valence-corrected chi connectivity index (χ1v) is 4.74. The Morgan fingerprint density at radius 2 is 2.42 bits per heavy atom. The highest BCUT2D eigenvalue weighted by Gasteiger charge is 1.85. The van der Waals surface area contributed by atoms with Gasteiger partial charge in [0.15, 0.2) is 0 Å². The lowest BCUT2D eigenvalue weighted by molar-refractivity contribution is -0.116. The Labute approximate surface area is 76.8 Å². The van der Waals surface area contributed by atoms with Crippen LogP contribution in [-0.2, 0) is 4.79 Å². The number of nitrogens with zero attached hydrogens (tertiary/aromatic N) is 1. The number of nitrogens with one attached hydrogen (secondary N) is 1. The van der Waals surface area contributed by atoms with Crippen LogP contribution in [0.1, 0.15) is 13.8 Å². The summed E-state index contributed by atoms with van der Waals surface area (Å²) in [6, 6.07) is 0. The summed E-state index contributed by atoms with van der Waals surface area (Å²) in [4.78, 5) is 13.9. The van der Waals surface area contributed by atoms with Crippen molar-refractivity contribution in [3.8, 4) is 0 Å². The van der Waals surface area contributed by atoms with Gasteiger partial charge in [-0.1, -0.05) is 6.92 Å². The third-order valence-corrected chi connectivity index (χ3v) is 1.49. The average Bonchev–Trinajstić information content (AvgIpc) is 2.57. The van der Waals surface area contributed by atoms with E-state index < -0.39 is 0 Å². The van der Waals surface area contributed by atoms with E-state index in [4.69, 9.17) is 0 Å². The second kappa shape index (κ2) is 8.36. The zero-order chi connectivity index (χ0) is 9.23. The van der Waals surface area contributed by atoms with Crippen molar-refractivity contribution in [1.82, 2.24) is 10.3 Å². The van der Waals surface area contributed by atoms with E-state index in [9.17, 15) is 4.79 Å². The molecule has 3 nitrogen and oxygen atoms in total. The minimum Gasteiger partial charge on any atom is -0.310 e. The van der Waals surface area contributed by atoms with Crippen LogP contribution in [0.15, 0.2) is 17.1 Å². The van der Waals surface area contributed by atoms with Gasteiger partial charge in [-0.05, 0) is 13.5 Å². The number of Topliss-reactive ketones (excluding diaryl/α,β-unsaturated/α-hetero) is 1. The number of carbonyl (C=O) groups is 1. The van der Waals surface area contributed by atoms with Gasteiger partial charge in [-0.15, -0.1) is 11.3 Å². The molecule has 0 aliphatic carbocycles. The normalized spacial score (nSPS) is 8.50. The molecule has 0 fully saturated rings. The van der Waals surface area contributed by atoms with Crippen LogP contribution in [0.4, 0.5) is 0 Å². The molecule has 68 valence electrons. The van der Waals surface area contributed by atoms with Crippen LogP contribution >= 0.6 is 11.3 Å². The highest BCUT2D eigenvalue weighted by atomic mass is 32.1. The predicted molar refractivity (Wildman–Crippen MR) is 51.3 cm³/mol. The molecule has 1 aromatic rings. The topological polar surface area (TPSA) is 42.0 Å². The van der Waals surface area contributed by atoms with Gasteiger partial charge in [-0.3, -0.25) is 9.78 Å². The molecular weight excluding hydrogens is 172 g/mol. The van der Waals surface area contributed by atoms with Crippen molar-refractivity contribution in [3.05, 3.63) is 17.1 Å². The van der Waals surface area contributed by atoms with Gasteiger partial charge in [0.1, 0.15) is 5.78 Å². The number of likely N-dealkylation sites (N-methyl/N-ethyl adjacent to an activating group) is 1. The quantitative estimate of drug-likeness (QED) is 0.774. The maximum absolute atomic E-state index is 10.1. The third-order valence-electron chi connectivity index (χ3n) is 0.971. The minimum atomic E-state index is 0.196. The monoisotopic (exact) mass is 186 g/mol. The molecule has 1 rings (SSSR count). The molecule has 0 radical (unpaired) electrons. The largest absolute Gasteiger partial charge is 0.310 e. The zero-order valence-corrected chi connectivity index (χ0v) is 8.23. The molecule has 4 heteroatoms. The predicted octanol–water partition coefficient (Wildman–Crippen LogP) is 1.33. The van der Waals surface area contributed by atoms with Crippen molar-refractivity contribution in [2.45, 2.75) is 13.8 Å². The van der Waals surface area contributed by atoms with Crippen LogP contribution in [0.3, 0.4) is 0 Å². The fraction of sp³-hybridized carbons (Fsp3) is 0.500. The van der Waals surface area contributed by atoms with Crippen molar-refractivity contribution >= 4 is 17.1 Å². The van der Waals surface area contributed by atoms with Crippen LogP contribution in [0.25, 0.3) is 0 Å². The van der Waals surface area contributed by atoms with Crippen molar-refractivity contribution in [2.75, 3.05) is 13.1 Å². The fourth-order valence-electron chi connectivity index (χ4n) is 0.477. The Hall–Kier alpha value is -0.740. The van der Waals surface area contributed by atoms with E-state index in [-0.39, 0.29) is 5.78 Å². The van der Waals surface area contributed by atoms with Gasteiger partial charge in [0.2, 0.25) is 0 Å². The van der Waals surface area contributed by atoms with Crippen LogP contribution in [0.5, 0.6) is 0 Å². The summed E-state index contributed by atoms with van der Waals surface area (Å²) >= 11 is 1.60. The summed E-state index contributed by atoms with van der Waals surface area (Å²) < 4.78 is 0. The summed E-state index contributed by atoms with van der Waals surface area (Å²) in [5, 5.41) is 4.83. The third kappa shape index (κ3) is 9.26. The van der Waals surface area contributed by atoms with Crippen LogP contribution in [0, 0.1) is 0 Å². The van der Waals surface area contributed by atoms with Gasteiger partial charge in [-0.2, -0.15) is 0 Å². The summed E-state index contributed by atoms with van der Waals surface area (Å²) in [6.45, 7) is 4.93. The first-order chi connectivity index (χ1) is 5.77. The standard InChI is InChI=1S/C5H11NO.C3H3NS/c1-3-6-4-5(2)7;1-2-5-3-4-1/h6H,3-4H2,1-2H3;1-3H. The van der Waals surface area contributed by atoms with E-state index >= 15 is 0 Å². The van der Waals surface area contributed by atoms with E-state index in [0.717, 1.165) is 6.54 Å². The number of hydrogen-bond donors (Lipinski definition) is 1. The highest BCUT2D eigenvalue weighted by Crippen LogP contribution is 1.85. The zero-order valence-electron chi connectivity index (χ0n) is 7.41. The summed E-state index contributed by atoms with van der Waals surface area (Å²) in [6.07, 6.45) is 1.77. The Balaban J connectivity index is 0.000000211. The van der Waals surface area contributed by atoms with Gasteiger partial charge in [0.25, 0.3) is 0 Å². The SMILES string of the molecule is CCNCC(C)=O.c1cscn1. The number of carbonyl (C=O) groups excluding carboxylic acids is 1. The molecule has 0 aliphatic rings. The lowest BCUT2D eigenvalue weighted by Gasteiger charge is -1.91. The maximum atomic E-state index is 10.1. The van der Waals surface area contributed by atoms with Crippen molar-refractivity contribution in [1.29, 1.82) is 0 Å². The van der Waals surface area contributed by atoms with E-state index in [1.54, 1.807) is 30.0 Å². The average molecular weight is 186 g/mol. The Morgan fingerprint density at radius 3 is 2.58 bits per heavy atom. The lowest BCUT2D eigenvalue weighted by Crippen LogP contribution is -2.19. The van der Waals surface area contributed by atoms with E-state index in [2.05, 4.69) is 10.3 Å². The molecule has 1 heterocycles. The molecule has 0 amide bonds. The molecular formula is C8H14N2OS. The van der Waals surface area contributed by atoms with Crippen molar-refractivity contribution in [2.24, 2.45) is 0 Å². The Kier molecular flexibility index (Phi) is 7.84. The molecule has 0 aromatic carbocycles. The van der Waals surface area contributed by atoms with E-state index in [1.807, 2.05) is 12.3 Å². The van der Waals surface area contributed by atoms with Crippen molar-refractivity contribution < 1.29 is 4.79 Å². The molecule has 0 unspecified atom stereocenters. The summed E-state index contributed by atoms with van der Waals surface area (Å²) in [5.74, 6) is 0.196. The Bertz CT molecular complexity index is 170. The molecule has 0 aliphatic heterocycles. The van der Waals surface area contributed by atoms with Gasteiger partial charge in [-0.25, -0.2) is 0 Å². The van der Waals surface area contributed by atoms with Crippen LogP contribution in [0.2, 0.25) is 0 Å². The van der Waals surface area contributed by atoms with E-state index in [0.29, 0.717) is 6.54 Å². The molecule has 1 aromatic heterocycles. The summed E-state index contributed by atoms with van der Waals surface area (Å²) in [5.41, 5.74) is 1.79. The number of thiazole rings is 1. The first-order valence-electron chi connectivity index (χ1n) is 3.79. The summed E-state index contributed by atoms with van der Waals surface area (Å²) in [7, 11) is 0. The molecule has 0 saturated carbocycles. The lowest BCUT2D eigenvalue weighted by atomic mass is 10.4. The molecule has 0 spiro atoms. The van der Waals surface area contributed by atoms with Crippen LogP contribution < -0.4 is 5.32 Å². The maximum Gasteiger partial charge on any atom is 0.143 e. The van der Waals surface area contributed by atoms with Crippen LogP contribution in [-0.4, -0.2) is 23.9 Å². The number of aromatic nitrogens is 1. The minimum absolute atomic E-state index is 0.196. The smallest absolute Gasteiger partial charge is 0.143 e. The van der Waals surface area contributed by atoms with E-state index in [1.165, 1.54) is 0 Å².